The number of halogens is 1. The standard InChI is InChI=1S/C13H10ClN5O2/c14-12-4-10(11(6-16-12)19(20)21)15-5-8-2-1-3-9-13(8)18-7-17-9/h1-4,6-7H,5H2,(H,15,16)(H,17,18). The van der Waals surface area contributed by atoms with Crippen molar-refractivity contribution in [1.29, 1.82) is 0 Å². The lowest BCUT2D eigenvalue weighted by Gasteiger charge is -2.07. The number of para-hydroxylation sites is 1. The Bertz CT molecular complexity index is 817. The number of rotatable bonds is 4. The highest BCUT2D eigenvalue weighted by Crippen LogP contribution is 2.26. The Hall–Kier alpha value is -2.67. The van der Waals surface area contributed by atoms with E-state index in [1.807, 2.05) is 18.2 Å². The van der Waals surface area contributed by atoms with Gasteiger partial charge in [0.15, 0.2) is 0 Å². The van der Waals surface area contributed by atoms with Gasteiger partial charge < -0.3 is 10.3 Å². The SMILES string of the molecule is O=[N+]([O-])c1cnc(Cl)cc1NCc1cccc2[nH]cnc12. The molecule has 0 aliphatic heterocycles. The second-order valence-corrected chi connectivity index (χ2v) is 4.74. The number of nitrogens with zero attached hydrogens (tertiary/aromatic N) is 3. The first-order valence-corrected chi connectivity index (χ1v) is 6.48. The van der Waals surface area contributed by atoms with Crippen LogP contribution in [0.1, 0.15) is 5.56 Å². The predicted octanol–water partition coefficient (Wildman–Crippen LogP) is 3.13. The Morgan fingerprint density at radius 1 is 1.38 bits per heavy atom. The number of H-pyrrole nitrogens is 1. The second kappa shape index (κ2) is 5.37. The number of fused-ring (bicyclic) bond motifs is 1. The minimum atomic E-state index is -0.499. The van der Waals surface area contributed by atoms with Crippen molar-refractivity contribution in [3.05, 3.63) is 57.6 Å². The summed E-state index contributed by atoms with van der Waals surface area (Å²) in [7, 11) is 0. The molecule has 3 rings (SSSR count). The number of benzene rings is 1. The van der Waals surface area contributed by atoms with E-state index in [1.54, 1.807) is 6.33 Å². The molecule has 2 aromatic heterocycles. The summed E-state index contributed by atoms with van der Waals surface area (Å²) < 4.78 is 0. The van der Waals surface area contributed by atoms with Gasteiger partial charge in [0.25, 0.3) is 0 Å². The van der Waals surface area contributed by atoms with Gasteiger partial charge in [-0.05, 0) is 11.6 Å². The third kappa shape index (κ3) is 2.63. The van der Waals surface area contributed by atoms with Crippen LogP contribution in [0.2, 0.25) is 5.15 Å². The molecule has 0 aliphatic carbocycles. The van der Waals surface area contributed by atoms with Crippen molar-refractivity contribution in [1.82, 2.24) is 15.0 Å². The molecule has 0 aliphatic rings. The molecular formula is C13H10ClN5O2. The van der Waals surface area contributed by atoms with E-state index in [0.717, 1.165) is 22.8 Å². The molecule has 1 aromatic carbocycles. The van der Waals surface area contributed by atoms with Crippen LogP contribution in [-0.4, -0.2) is 19.9 Å². The lowest BCUT2D eigenvalue weighted by molar-refractivity contribution is -0.384. The Labute approximate surface area is 124 Å². The molecule has 0 bridgehead atoms. The first-order chi connectivity index (χ1) is 10.1. The first-order valence-electron chi connectivity index (χ1n) is 6.10. The molecule has 0 fully saturated rings. The van der Waals surface area contributed by atoms with Crippen molar-refractivity contribution in [2.75, 3.05) is 5.32 Å². The Morgan fingerprint density at radius 2 is 2.24 bits per heavy atom. The molecule has 2 heterocycles. The highest BCUT2D eigenvalue weighted by Gasteiger charge is 2.15. The predicted molar refractivity (Wildman–Crippen MR) is 79.3 cm³/mol. The number of nitrogens with one attached hydrogen (secondary N) is 2. The number of aromatic nitrogens is 3. The number of anilines is 1. The zero-order chi connectivity index (χ0) is 14.8. The van der Waals surface area contributed by atoms with Crippen molar-refractivity contribution in [2.45, 2.75) is 6.54 Å². The normalized spacial score (nSPS) is 10.7. The molecule has 0 radical (unpaired) electrons. The van der Waals surface area contributed by atoms with Gasteiger partial charge in [-0.3, -0.25) is 10.1 Å². The largest absolute Gasteiger partial charge is 0.375 e. The van der Waals surface area contributed by atoms with Gasteiger partial charge in [-0.15, -0.1) is 0 Å². The Balaban J connectivity index is 1.90. The van der Waals surface area contributed by atoms with Crippen molar-refractivity contribution in [3.8, 4) is 0 Å². The first kappa shape index (κ1) is 13.3. The third-order valence-electron chi connectivity index (χ3n) is 3.05. The molecule has 0 spiro atoms. The molecule has 7 nitrogen and oxygen atoms in total. The topological polar surface area (TPSA) is 96.7 Å². The summed E-state index contributed by atoms with van der Waals surface area (Å²) in [6.07, 6.45) is 2.75. The van der Waals surface area contributed by atoms with E-state index >= 15 is 0 Å². The van der Waals surface area contributed by atoms with E-state index < -0.39 is 4.92 Å². The van der Waals surface area contributed by atoms with Gasteiger partial charge in [0.2, 0.25) is 0 Å². The summed E-state index contributed by atoms with van der Waals surface area (Å²) in [6.45, 7) is 0.392. The number of hydrogen-bond acceptors (Lipinski definition) is 5. The number of hydrogen-bond donors (Lipinski definition) is 2. The maximum absolute atomic E-state index is 11.0. The lowest BCUT2D eigenvalue weighted by Crippen LogP contribution is -2.03. The van der Waals surface area contributed by atoms with Gasteiger partial charge in [0, 0.05) is 12.6 Å². The fourth-order valence-electron chi connectivity index (χ4n) is 2.07. The summed E-state index contributed by atoms with van der Waals surface area (Å²) in [4.78, 5) is 21.5. The fraction of sp³-hybridized carbons (Fsp3) is 0.0769. The van der Waals surface area contributed by atoms with Crippen molar-refractivity contribution in [3.63, 3.8) is 0 Å². The molecule has 106 valence electrons. The van der Waals surface area contributed by atoms with Crippen LogP contribution in [0, 0.1) is 10.1 Å². The summed E-state index contributed by atoms with van der Waals surface area (Å²) in [5.41, 5.74) is 2.88. The van der Waals surface area contributed by atoms with Crippen LogP contribution in [0.3, 0.4) is 0 Å². The molecule has 21 heavy (non-hydrogen) atoms. The molecule has 0 saturated heterocycles. The maximum atomic E-state index is 11.0. The van der Waals surface area contributed by atoms with E-state index in [1.165, 1.54) is 6.07 Å². The quantitative estimate of drug-likeness (QED) is 0.438. The molecular weight excluding hydrogens is 294 g/mol. The molecule has 0 amide bonds. The zero-order valence-corrected chi connectivity index (χ0v) is 11.5. The van der Waals surface area contributed by atoms with Crippen LogP contribution in [0.4, 0.5) is 11.4 Å². The smallest absolute Gasteiger partial charge is 0.310 e. The van der Waals surface area contributed by atoms with Crippen LogP contribution in [-0.2, 0) is 6.54 Å². The molecule has 8 heteroatoms. The van der Waals surface area contributed by atoms with Gasteiger partial charge in [-0.25, -0.2) is 9.97 Å². The van der Waals surface area contributed by atoms with E-state index in [-0.39, 0.29) is 10.8 Å². The number of pyridine rings is 1. The van der Waals surface area contributed by atoms with Gasteiger partial charge >= 0.3 is 5.69 Å². The summed E-state index contributed by atoms with van der Waals surface area (Å²) >= 11 is 5.79. The van der Waals surface area contributed by atoms with E-state index in [0.29, 0.717) is 12.2 Å². The average Bonchev–Trinajstić information content (AvgIpc) is 2.93. The van der Waals surface area contributed by atoms with Crippen molar-refractivity contribution < 1.29 is 4.92 Å². The number of nitro groups is 1. The molecule has 3 aromatic rings. The summed E-state index contributed by atoms with van der Waals surface area (Å²) in [6, 6.07) is 7.15. The lowest BCUT2D eigenvalue weighted by atomic mass is 10.2. The van der Waals surface area contributed by atoms with Crippen LogP contribution in [0.25, 0.3) is 11.0 Å². The van der Waals surface area contributed by atoms with E-state index in [4.69, 9.17) is 11.6 Å². The fourth-order valence-corrected chi connectivity index (χ4v) is 2.23. The van der Waals surface area contributed by atoms with E-state index in [2.05, 4.69) is 20.3 Å². The maximum Gasteiger partial charge on any atom is 0.310 e. The molecule has 0 saturated carbocycles. The highest BCUT2D eigenvalue weighted by atomic mass is 35.5. The minimum absolute atomic E-state index is 0.117. The molecule has 0 atom stereocenters. The van der Waals surface area contributed by atoms with Crippen LogP contribution in [0.15, 0.2) is 36.8 Å². The van der Waals surface area contributed by atoms with Gasteiger partial charge in [-0.1, -0.05) is 23.7 Å². The zero-order valence-electron chi connectivity index (χ0n) is 10.7. The highest BCUT2D eigenvalue weighted by molar-refractivity contribution is 6.29. The van der Waals surface area contributed by atoms with Crippen molar-refractivity contribution >= 4 is 34.0 Å². The van der Waals surface area contributed by atoms with E-state index in [9.17, 15) is 10.1 Å². The van der Waals surface area contributed by atoms with Crippen LogP contribution < -0.4 is 5.32 Å². The Morgan fingerprint density at radius 3 is 3.05 bits per heavy atom. The van der Waals surface area contributed by atoms with Crippen molar-refractivity contribution in [2.24, 2.45) is 0 Å². The molecule has 0 unspecified atom stereocenters. The van der Waals surface area contributed by atoms with Gasteiger partial charge in [0.05, 0.1) is 22.3 Å². The summed E-state index contributed by atoms with van der Waals surface area (Å²) in [5.74, 6) is 0. The monoisotopic (exact) mass is 303 g/mol. The Kier molecular flexibility index (Phi) is 3.41. The third-order valence-corrected chi connectivity index (χ3v) is 3.26. The van der Waals surface area contributed by atoms with Gasteiger partial charge in [-0.2, -0.15) is 0 Å². The molecule has 2 N–H and O–H groups in total. The number of aromatic amines is 1. The minimum Gasteiger partial charge on any atom is -0.375 e. The number of imidazole rings is 1. The second-order valence-electron chi connectivity index (χ2n) is 4.35. The van der Waals surface area contributed by atoms with Gasteiger partial charge in [0.1, 0.15) is 17.0 Å². The van der Waals surface area contributed by atoms with Crippen LogP contribution in [0.5, 0.6) is 0 Å². The average molecular weight is 304 g/mol. The summed E-state index contributed by atoms with van der Waals surface area (Å²) in [5, 5.41) is 14.2. The van der Waals surface area contributed by atoms with Crippen LogP contribution >= 0.6 is 11.6 Å².